The highest BCUT2D eigenvalue weighted by molar-refractivity contribution is 9.10. The normalized spacial score (nSPS) is 26.4. The lowest BCUT2D eigenvalue weighted by molar-refractivity contribution is 0.0729. The first kappa shape index (κ1) is 13.1. The highest BCUT2D eigenvalue weighted by Crippen LogP contribution is 2.38. The van der Waals surface area contributed by atoms with Gasteiger partial charge in [0.15, 0.2) is 0 Å². The Labute approximate surface area is 121 Å². The second-order valence-electron chi connectivity index (χ2n) is 5.45. The number of hydrogen-bond acceptors (Lipinski definition) is 2. The van der Waals surface area contributed by atoms with Crippen LogP contribution in [-0.2, 0) is 4.74 Å². The summed E-state index contributed by atoms with van der Waals surface area (Å²) in [4.78, 5) is 12.4. The smallest absolute Gasteiger partial charge is 0.251 e. The van der Waals surface area contributed by atoms with Crippen LogP contribution in [0.5, 0.6) is 0 Å². The Morgan fingerprint density at radius 3 is 2.89 bits per heavy atom. The van der Waals surface area contributed by atoms with E-state index >= 15 is 0 Å². The summed E-state index contributed by atoms with van der Waals surface area (Å²) < 4.78 is 6.73. The van der Waals surface area contributed by atoms with Gasteiger partial charge in [0.2, 0.25) is 0 Å². The predicted octanol–water partition coefficient (Wildman–Crippen LogP) is 3.05. The number of amides is 1. The van der Waals surface area contributed by atoms with Crippen molar-refractivity contribution in [2.75, 3.05) is 6.61 Å². The van der Waals surface area contributed by atoms with Gasteiger partial charge >= 0.3 is 0 Å². The van der Waals surface area contributed by atoms with Crippen molar-refractivity contribution in [3.8, 4) is 0 Å². The molecule has 2 unspecified atom stereocenters. The van der Waals surface area contributed by atoms with Crippen LogP contribution < -0.4 is 5.32 Å². The van der Waals surface area contributed by atoms with Crippen LogP contribution in [0.4, 0.5) is 0 Å². The number of benzene rings is 1. The number of nitrogens with one attached hydrogen (secondary N) is 1. The van der Waals surface area contributed by atoms with E-state index in [1.54, 1.807) is 0 Å². The fourth-order valence-electron chi connectivity index (χ4n) is 2.75. The summed E-state index contributed by atoms with van der Waals surface area (Å²) in [5, 5.41) is 3.15. The van der Waals surface area contributed by atoms with Gasteiger partial charge in [-0.2, -0.15) is 0 Å². The van der Waals surface area contributed by atoms with Crippen LogP contribution in [0, 0.1) is 12.8 Å². The maximum atomic E-state index is 12.4. The molecule has 3 rings (SSSR count). The van der Waals surface area contributed by atoms with E-state index in [1.165, 1.54) is 12.8 Å². The quantitative estimate of drug-likeness (QED) is 0.928. The van der Waals surface area contributed by atoms with Crippen molar-refractivity contribution in [2.24, 2.45) is 5.92 Å². The summed E-state index contributed by atoms with van der Waals surface area (Å²) >= 11 is 3.47. The molecule has 19 heavy (non-hydrogen) atoms. The standard InChI is InChI=1S/C15H18BrNO2/c1-9-11(3-2-4-12(9)16)15(18)17-13-7-8-19-14(13)10-5-6-10/h2-4,10,13-14H,5-8H2,1H3,(H,17,18). The van der Waals surface area contributed by atoms with E-state index in [-0.39, 0.29) is 18.1 Å². The van der Waals surface area contributed by atoms with Crippen LogP contribution in [-0.4, -0.2) is 24.7 Å². The Morgan fingerprint density at radius 1 is 1.37 bits per heavy atom. The van der Waals surface area contributed by atoms with Gasteiger partial charge in [0.25, 0.3) is 5.91 Å². The number of hydrogen-bond donors (Lipinski definition) is 1. The molecule has 102 valence electrons. The molecule has 0 radical (unpaired) electrons. The van der Waals surface area contributed by atoms with Crippen molar-refractivity contribution in [3.63, 3.8) is 0 Å². The fraction of sp³-hybridized carbons (Fsp3) is 0.533. The maximum absolute atomic E-state index is 12.4. The van der Waals surface area contributed by atoms with E-state index in [0.717, 1.165) is 28.6 Å². The number of halogens is 1. The molecule has 3 nitrogen and oxygen atoms in total. The maximum Gasteiger partial charge on any atom is 0.251 e. The average Bonchev–Trinajstić information content (AvgIpc) is 3.13. The Morgan fingerprint density at radius 2 is 2.16 bits per heavy atom. The van der Waals surface area contributed by atoms with Crippen molar-refractivity contribution in [1.29, 1.82) is 0 Å². The Kier molecular flexibility index (Phi) is 3.63. The van der Waals surface area contributed by atoms with Crippen molar-refractivity contribution >= 4 is 21.8 Å². The van der Waals surface area contributed by atoms with Gasteiger partial charge in [-0.05, 0) is 49.8 Å². The largest absolute Gasteiger partial charge is 0.376 e. The third-order valence-corrected chi connectivity index (χ3v) is 4.91. The number of carbonyl (C=O) groups excluding carboxylic acids is 1. The minimum Gasteiger partial charge on any atom is -0.376 e. The molecule has 1 amide bonds. The number of ether oxygens (including phenoxy) is 1. The molecule has 4 heteroatoms. The Balaban J connectivity index is 1.72. The second-order valence-corrected chi connectivity index (χ2v) is 6.31. The van der Waals surface area contributed by atoms with Gasteiger partial charge in [-0.3, -0.25) is 4.79 Å². The first-order valence-corrected chi connectivity index (χ1v) is 7.63. The summed E-state index contributed by atoms with van der Waals surface area (Å²) in [5.74, 6) is 0.677. The molecule has 1 aromatic carbocycles. The molecule has 1 aromatic rings. The molecule has 1 heterocycles. The lowest BCUT2D eigenvalue weighted by Gasteiger charge is -2.20. The second kappa shape index (κ2) is 5.25. The van der Waals surface area contributed by atoms with Gasteiger partial charge in [-0.15, -0.1) is 0 Å². The van der Waals surface area contributed by atoms with E-state index < -0.39 is 0 Å². The Bertz CT molecular complexity index is 499. The van der Waals surface area contributed by atoms with Crippen LogP contribution in [0.3, 0.4) is 0 Å². The first-order chi connectivity index (χ1) is 9.16. The third kappa shape index (κ3) is 2.70. The lowest BCUT2D eigenvalue weighted by Crippen LogP contribution is -2.41. The minimum atomic E-state index is 0.0138. The molecular weight excluding hydrogens is 306 g/mol. The number of carbonyl (C=O) groups is 1. The lowest BCUT2D eigenvalue weighted by atomic mass is 10.0. The molecule has 0 aromatic heterocycles. The van der Waals surface area contributed by atoms with Gasteiger partial charge in [0, 0.05) is 16.6 Å². The molecule has 1 saturated carbocycles. The molecule has 1 saturated heterocycles. The predicted molar refractivity (Wildman–Crippen MR) is 77.2 cm³/mol. The molecule has 1 aliphatic carbocycles. The molecule has 1 aliphatic heterocycles. The third-order valence-electron chi connectivity index (χ3n) is 4.05. The number of rotatable bonds is 3. The van der Waals surface area contributed by atoms with Gasteiger partial charge in [0.05, 0.1) is 12.1 Å². The minimum absolute atomic E-state index is 0.0138. The van der Waals surface area contributed by atoms with Crippen molar-refractivity contribution in [2.45, 2.75) is 38.3 Å². The molecule has 0 spiro atoms. The van der Waals surface area contributed by atoms with E-state index in [1.807, 2.05) is 25.1 Å². The van der Waals surface area contributed by atoms with Crippen LogP contribution >= 0.6 is 15.9 Å². The van der Waals surface area contributed by atoms with Gasteiger partial charge in [-0.25, -0.2) is 0 Å². The van der Waals surface area contributed by atoms with E-state index in [2.05, 4.69) is 21.2 Å². The van der Waals surface area contributed by atoms with Gasteiger partial charge in [0.1, 0.15) is 0 Å². The molecule has 2 aliphatic rings. The molecule has 1 N–H and O–H groups in total. The van der Waals surface area contributed by atoms with Gasteiger partial charge < -0.3 is 10.1 Å². The SMILES string of the molecule is Cc1c(Br)cccc1C(=O)NC1CCOC1C1CC1. The molecule has 2 atom stereocenters. The zero-order chi connectivity index (χ0) is 13.4. The summed E-state index contributed by atoms with van der Waals surface area (Å²) in [7, 11) is 0. The van der Waals surface area contributed by atoms with Crippen LogP contribution in [0.25, 0.3) is 0 Å². The highest BCUT2D eigenvalue weighted by Gasteiger charge is 2.41. The Hall–Kier alpha value is -0.870. The van der Waals surface area contributed by atoms with Crippen LogP contribution in [0.15, 0.2) is 22.7 Å². The topological polar surface area (TPSA) is 38.3 Å². The van der Waals surface area contributed by atoms with Crippen molar-refractivity contribution in [1.82, 2.24) is 5.32 Å². The van der Waals surface area contributed by atoms with E-state index in [4.69, 9.17) is 4.74 Å². The van der Waals surface area contributed by atoms with E-state index in [0.29, 0.717) is 5.92 Å². The van der Waals surface area contributed by atoms with Crippen LogP contribution in [0.2, 0.25) is 0 Å². The summed E-state index contributed by atoms with van der Waals surface area (Å²) in [5.41, 5.74) is 1.73. The van der Waals surface area contributed by atoms with Crippen molar-refractivity contribution < 1.29 is 9.53 Å². The average molecular weight is 324 g/mol. The fourth-order valence-corrected chi connectivity index (χ4v) is 3.12. The van der Waals surface area contributed by atoms with Crippen LogP contribution in [0.1, 0.15) is 35.2 Å². The summed E-state index contributed by atoms with van der Waals surface area (Å²) in [6.07, 6.45) is 3.65. The van der Waals surface area contributed by atoms with E-state index in [9.17, 15) is 4.79 Å². The highest BCUT2D eigenvalue weighted by atomic mass is 79.9. The zero-order valence-corrected chi connectivity index (χ0v) is 12.6. The molecular formula is C15H18BrNO2. The molecule has 2 fully saturated rings. The van der Waals surface area contributed by atoms with Gasteiger partial charge in [-0.1, -0.05) is 22.0 Å². The summed E-state index contributed by atoms with van der Waals surface area (Å²) in [6, 6.07) is 5.91. The summed E-state index contributed by atoms with van der Waals surface area (Å²) in [6.45, 7) is 2.73. The first-order valence-electron chi connectivity index (χ1n) is 6.84. The molecule has 0 bridgehead atoms. The zero-order valence-electron chi connectivity index (χ0n) is 11.0. The monoisotopic (exact) mass is 323 g/mol. The van der Waals surface area contributed by atoms with Crippen molar-refractivity contribution in [3.05, 3.63) is 33.8 Å².